The van der Waals surface area contributed by atoms with Crippen LogP contribution in [0.2, 0.25) is 5.02 Å². The van der Waals surface area contributed by atoms with Crippen molar-refractivity contribution in [2.45, 2.75) is 26.8 Å². The normalized spacial score (nSPS) is 10.2. The van der Waals surface area contributed by atoms with Gasteiger partial charge in [-0.15, -0.1) is 0 Å². The van der Waals surface area contributed by atoms with Crippen LogP contribution in [0, 0.1) is 25.2 Å². The average molecular weight is 375 g/mol. The first kappa shape index (κ1) is 19.5. The number of carbonyl (C=O) groups excluding carboxylic acids is 2. The van der Waals surface area contributed by atoms with Crippen molar-refractivity contribution < 1.29 is 14.3 Å². The molecule has 7 nitrogen and oxygen atoms in total. The third-order valence-corrected chi connectivity index (χ3v) is 4.13. The summed E-state index contributed by atoms with van der Waals surface area (Å²) in [4.78, 5) is 23.9. The van der Waals surface area contributed by atoms with Crippen LogP contribution in [-0.2, 0) is 16.1 Å². The first-order chi connectivity index (χ1) is 12.4. The number of ether oxygens (including phenoxy) is 1. The van der Waals surface area contributed by atoms with Gasteiger partial charge in [-0.2, -0.15) is 10.4 Å². The molecule has 0 atom stereocenters. The van der Waals surface area contributed by atoms with Crippen LogP contribution in [-0.4, -0.2) is 34.8 Å². The SMILES string of the molecule is Cc1nn(Cc2ccccc2Cl)c(C)c1C(=O)OCC(=O)NCCC#N. The molecule has 1 amide bonds. The molecule has 0 aliphatic heterocycles. The molecule has 0 spiro atoms. The molecule has 0 saturated carbocycles. The van der Waals surface area contributed by atoms with Crippen LogP contribution in [0.5, 0.6) is 0 Å². The lowest BCUT2D eigenvalue weighted by molar-refractivity contribution is -0.124. The summed E-state index contributed by atoms with van der Waals surface area (Å²) < 4.78 is 6.74. The van der Waals surface area contributed by atoms with Crippen molar-refractivity contribution >= 4 is 23.5 Å². The number of aryl methyl sites for hydroxylation is 1. The molecule has 136 valence electrons. The van der Waals surface area contributed by atoms with E-state index in [1.54, 1.807) is 24.6 Å². The van der Waals surface area contributed by atoms with Crippen molar-refractivity contribution in [3.63, 3.8) is 0 Å². The quantitative estimate of drug-likeness (QED) is 0.592. The third kappa shape index (κ3) is 4.83. The summed E-state index contributed by atoms with van der Waals surface area (Å²) in [5.74, 6) is -1.06. The molecule has 26 heavy (non-hydrogen) atoms. The number of hydrogen-bond acceptors (Lipinski definition) is 5. The molecule has 0 aliphatic rings. The Kier molecular flexibility index (Phi) is 6.75. The van der Waals surface area contributed by atoms with Gasteiger partial charge >= 0.3 is 5.97 Å². The molecule has 1 heterocycles. The van der Waals surface area contributed by atoms with Crippen LogP contribution < -0.4 is 5.32 Å². The Labute approximate surface area is 156 Å². The minimum Gasteiger partial charge on any atom is -0.452 e. The van der Waals surface area contributed by atoms with Crippen molar-refractivity contribution in [3.8, 4) is 6.07 Å². The van der Waals surface area contributed by atoms with Crippen molar-refractivity contribution in [1.82, 2.24) is 15.1 Å². The van der Waals surface area contributed by atoms with Gasteiger partial charge in [0.1, 0.15) is 5.56 Å². The van der Waals surface area contributed by atoms with E-state index in [1.807, 2.05) is 24.3 Å². The number of nitrogens with zero attached hydrogens (tertiary/aromatic N) is 3. The zero-order valence-corrected chi connectivity index (χ0v) is 15.3. The van der Waals surface area contributed by atoms with Crippen LogP contribution in [0.3, 0.4) is 0 Å². The molecular weight excluding hydrogens is 356 g/mol. The predicted molar refractivity (Wildman–Crippen MR) is 95.8 cm³/mol. The fourth-order valence-corrected chi connectivity index (χ4v) is 2.64. The highest BCUT2D eigenvalue weighted by Crippen LogP contribution is 2.20. The van der Waals surface area contributed by atoms with E-state index in [-0.39, 0.29) is 13.0 Å². The largest absolute Gasteiger partial charge is 0.452 e. The summed E-state index contributed by atoms with van der Waals surface area (Å²) in [5.41, 5.74) is 2.38. The number of aromatic nitrogens is 2. The Bertz CT molecular complexity index is 855. The van der Waals surface area contributed by atoms with E-state index in [0.717, 1.165) is 5.56 Å². The maximum Gasteiger partial charge on any atom is 0.342 e. The van der Waals surface area contributed by atoms with E-state index in [1.165, 1.54) is 0 Å². The topological polar surface area (TPSA) is 97.0 Å². The number of halogens is 1. The van der Waals surface area contributed by atoms with Gasteiger partial charge in [0.05, 0.1) is 30.4 Å². The second-order valence-electron chi connectivity index (χ2n) is 5.63. The number of rotatable bonds is 7. The number of nitrogens with one attached hydrogen (secondary N) is 1. The fraction of sp³-hybridized carbons (Fsp3) is 0.333. The zero-order valence-electron chi connectivity index (χ0n) is 14.6. The lowest BCUT2D eigenvalue weighted by Gasteiger charge is -2.08. The molecule has 1 aromatic heterocycles. The molecule has 2 rings (SSSR count). The van der Waals surface area contributed by atoms with E-state index in [9.17, 15) is 9.59 Å². The third-order valence-electron chi connectivity index (χ3n) is 3.76. The van der Waals surface area contributed by atoms with E-state index < -0.39 is 18.5 Å². The molecule has 0 aliphatic carbocycles. The van der Waals surface area contributed by atoms with Crippen molar-refractivity contribution in [3.05, 3.63) is 51.8 Å². The van der Waals surface area contributed by atoms with Gasteiger partial charge in [0, 0.05) is 11.6 Å². The van der Waals surface area contributed by atoms with Gasteiger partial charge in [-0.25, -0.2) is 4.79 Å². The first-order valence-electron chi connectivity index (χ1n) is 8.02. The zero-order chi connectivity index (χ0) is 19.1. The van der Waals surface area contributed by atoms with Crippen LogP contribution in [0.15, 0.2) is 24.3 Å². The Morgan fingerprint density at radius 1 is 1.35 bits per heavy atom. The summed E-state index contributed by atoms with van der Waals surface area (Å²) in [5, 5.41) is 15.9. The molecule has 0 bridgehead atoms. The second kappa shape index (κ2) is 9.02. The summed E-state index contributed by atoms with van der Waals surface area (Å²) in [6, 6.07) is 9.32. The molecular formula is C18H19ClN4O3. The molecule has 8 heteroatoms. The molecule has 0 unspecified atom stereocenters. The monoisotopic (exact) mass is 374 g/mol. The maximum atomic E-state index is 12.3. The molecule has 1 aromatic carbocycles. The lowest BCUT2D eigenvalue weighted by atomic mass is 10.2. The molecule has 2 aromatic rings. The number of esters is 1. The highest BCUT2D eigenvalue weighted by molar-refractivity contribution is 6.31. The van der Waals surface area contributed by atoms with E-state index in [4.69, 9.17) is 21.6 Å². The number of nitriles is 1. The molecule has 0 fully saturated rings. The van der Waals surface area contributed by atoms with E-state index >= 15 is 0 Å². The summed E-state index contributed by atoms with van der Waals surface area (Å²) in [6.07, 6.45) is 0.201. The van der Waals surface area contributed by atoms with Crippen molar-refractivity contribution in [2.75, 3.05) is 13.2 Å². The van der Waals surface area contributed by atoms with Gasteiger partial charge in [0.25, 0.3) is 5.91 Å². The summed E-state index contributed by atoms with van der Waals surface area (Å²) >= 11 is 6.18. The van der Waals surface area contributed by atoms with Crippen LogP contribution in [0.1, 0.15) is 33.7 Å². The maximum absolute atomic E-state index is 12.3. The van der Waals surface area contributed by atoms with Gasteiger partial charge in [0.15, 0.2) is 6.61 Å². The minimum atomic E-state index is -0.610. The Balaban J connectivity index is 2.05. The predicted octanol–water partition coefficient (Wildman–Crippen LogP) is 2.39. The number of hydrogen-bond donors (Lipinski definition) is 1. The van der Waals surface area contributed by atoms with Crippen LogP contribution in [0.25, 0.3) is 0 Å². The lowest BCUT2D eigenvalue weighted by Crippen LogP contribution is -2.29. The van der Waals surface area contributed by atoms with Crippen molar-refractivity contribution in [1.29, 1.82) is 5.26 Å². The van der Waals surface area contributed by atoms with Gasteiger partial charge in [0.2, 0.25) is 0 Å². The van der Waals surface area contributed by atoms with Crippen LogP contribution >= 0.6 is 11.6 Å². The first-order valence-corrected chi connectivity index (χ1v) is 8.40. The fourth-order valence-electron chi connectivity index (χ4n) is 2.45. The smallest absolute Gasteiger partial charge is 0.342 e. The van der Waals surface area contributed by atoms with E-state index in [0.29, 0.717) is 28.5 Å². The highest BCUT2D eigenvalue weighted by Gasteiger charge is 2.21. The molecule has 0 saturated heterocycles. The van der Waals surface area contributed by atoms with Crippen molar-refractivity contribution in [2.24, 2.45) is 0 Å². The number of carbonyl (C=O) groups is 2. The molecule has 0 radical (unpaired) electrons. The Morgan fingerprint density at radius 3 is 2.77 bits per heavy atom. The Hall–Kier alpha value is -2.85. The average Bonchev–Trinajstić information content (AvgIpc) is 2.89. The van der Waals surface area contributed by atoms with Crippen LogP contribution in [0.4, 0.5) is 0 Å². The summed E-state index contributed by atoms with van der Waals surface area (Å²) in [6.45, 7) is 3.72. The number of amides is 1. The Morgan fingerprint density at radius 2 is 2.08 bits per heavy atom. The number of benzene rings is 1. The molecule has 1 N–H and O–H groups in total. The highest BCUT2D eigenvalue weighted by atomic mass is 35.5. The van der Waals surface area contributed by atoms with Gasteiger partial charge in [-0.05, 0) is 25.5 Å². The van der Waals surface area contributed by atoms with Gasteiger partial charge < -0.3 is 10.1 Å². The summed E-state index contributed by atoms with van der Waals surface area (Å²) in [7, 11) is 0. The second-order valence-corrected chi connectivity index (χ2v) is 6.04. The van der Waals surface area contributed by atoms with E-state index in [2.05, 4.69) is 10.4 Å². The minimum absolute atomic E-state index is 0.201. The standard InChI is InChI=1S/C18H19ClN4O3/c1-12-17(18(25)26-11-16(24)21-9-5-8-20)13(2)23(22-12)10-14-6-3-4-7-15(14)19/h3-4,6-7H,5,9-11H2,1-2H3,(H,21,24). The van der Waals surface area contributed by atoms with Gasteiger partial charge in [-0.3, -0.25) is 9.48 Å². The van der Waals surface area contributed by atoms with Gasteiger partial charge in [-0.1, -0.05) is 29.8 Å².